The first-order valence-electron chi connectivity index (χ1n) is 10.00. The van der Waals surface area contributed by atoms with Crippen LogP contribution in [-0.4, -0.2) is 35.5 Å². The molecule has 2 aromatic heterocycles. The zero-order chi connectivity index (χ0) is 25.4. The van der Waals surface area contributed by atoms with Crippen LogP contribution in [0, 0.1) is 0 Å². The van der Waals surface area contributed by atoms with Crippen LogP contribution >= 0.6 is 11.6 Å². The molecule has 35 heavy (non-hydrogen) atoms. The highest BCUT2D eigenvalue weighted by Gasteiger charge is 2.31. The molecule has 0 radical (unpaired) electrons. The van der Waals surface area contributed by atoms with Crippen LogP contribution in [0.3, 0.4) is 0 Å². The molecule has 0 amide bonds. The zero-order valence-electron chi connectivity index (χ0n) is 17.6. The predicted octanol–water partition coefficient (Wildman–Crippen LogP) is 4.97. The van der Waals surface area contributed by atoms with Gasteiger partial charge in [-0.15, -0.1) is 10.2 Å². The summed E-state index contributed by atoms with van der Waals surface area (Å²) in [6, 6.07) is 10.5. The lowest BCUT2D eigenvalue weighted by atomic mass is 10.2. The Hall–Kier alpha value is -3.61. The van der Waals surface area contributed by atoms with Crippen molar-refractivity contribution >= 4 is 11.6 Å². The van der Waals surface area contributed by atoms with Gasteiger partial charge in [0, 0.05) is 17.1 Å². The smallest absolute Gasteiger partial charge is 0.275 e. The molecule has 0 N–H and O–H groups in total. The number of nitrogens with zero attached hydrogens (tertiary/aromatic N) is 6. The van der Waals surface area contributed by atoms with Crippen molar-refractivity contribution in [3.8, 4) is 17.1 Å². The largest absolute Gasteiger partial charge is 0.416 e. The first-order valence-corrected chi connectivity index (χ1v) is 10.4. The molecule has 0 spiro atoms. The van der Waals surface area contributed by atoms with Crippen LogP contribution in [0.1, 0.15) is 17.7 Å². The topological polar surface area (TPSA) is 70.5 Å². The van der Waals surface area contributed by atoms with Gasteiger partial charge in [-0.05, 0) is 42.5 Å². The number of hydrogen-bond acceptors (Lipinski definition) is 4. The fourth-order valence-electron chi connectivity index (χ4n) is 3.27. The van der Waals surface area contributed by atoms with Gasteiger partial charge in [-0.25, -0.2) is 14.2 Å². The van der Waals surface area contributed by atoms with Crippen molar-refractivity contribution in [2.24, 2.45) is 0 Å². The predicted molar refractivity (Wildman–Crippen MR) is 113 cm³/mol. The van der Waals surface area contributed by atoms with Gasteiger partial charge >= 0.3 is 18.0 Å². The first kappa shape index (κ1) is 24.5. The van der Waals surface area contributed by atoms with E-state index in [0.717, 1.165) is 26.1 Å². The van der Waals surface area contributed by atoms with Gasteiger partial charge in [0.2, 0.25) is 0 Å². The minimum absolute atomic E-state index is 0.00110. The van der Waals surface area contributed by atoms with E-state index in [0.29, 0.717) is 10.6 Å². The maximum atomic E-state index is 13.0. The second kappa shape index (κ2) is 9.21. The Kier molecular flexibility index (Phi) is 6.45. The summed E-state index contributed by atoms with van der Waals surface area (Å²) in [5.41, 5.74) is -1.07. The molecule has 14 heteroatoms. The highest BCUT2D eigenvalue weighted by molar-refractivity contribution is 6.30. The Labute approximate surface area is 198 Å². The van der Waals surface area contributed by atoms with Gasteiger partial charge in [-0.1, -0.05) is 22.9 Å². The van der Waals surface area contributed by atoms with Gasteiger partial charge in [0.15, 0.2) is 5.82 Å². The highest BCUT2D eigenvalue weighted by Crippen LogP contribution is 2.30. The lowest BCUT2D eigenvalue weighted by Crippen LogP contribution is -2.27. The number of hydrogen-bond donors (Lipinski definition) is 0. The maximum absolute atomic E-state index is 13.0. The third-order valence-electron chi connectivity index (χ3n) is 4.93. The maximum Gasteiger partial charge on any atom is 0.416 e. The van der Waals surface area contributed by atoms with Crippen molar-refractivity contribution < 1.29 is 26.3 Å². The molecule has 0 aliphatic heterocycles. The molecule has 0 unspecified atom stereocenters. The average molecular weight is 517 g/mol. The van der Waals surface area contributed by atoms with Crippen LogP contribution in [0.25, 0.3) is 17.1 Å². The SMILES string of the molecule is O=c1n(Cc2cn(-c3cccc(C(F)(F)F)c3)nn2)nc(-c2ccc(Cl)cc2)n1CCC(F)(F)F. The molecule has 2 aromatic carbocycles. The Bertz CT molecular complexity index is 1390. The lowest BCUT2D eigenvalue weighted by Gasteiger charge is -2.08. The molecular formula is C21H15ClF6N6O. The summed E-state index contributed by atoms with van der Waals surface area (Å²) in [5, 5.41) is 12.2. The first-order chi connectivity index (χ1) is 16.4. The standard InChI is InChI=1S/C21H15ClF6N6O/c22-15-6-4-13(5-7-15)18-30-34(19(35)32(18)9-8-20(23,24)25)12-16-11-33(31-29-16)17-3-1-2-14(10-17)21(26,27)28/h1-7,10-11H,8-9,12H2. The number of aromatic nitrogens is 6. The number of benzene rings is 2. The Morgan fingerprint density at radius 3 is 2.34 bits per heavy atom. The minimum Gasteiger partial charge on any atom is -0.275 e. The van der Waals surface area contributed by atoms with E-state index in [9.17, 15) is 31.1 Å². The average Bonchev–Trinajstić information content (AvgIpc) is 3.37. The zero-order valence-corrected chi connectivity index (χ0v) is 18.3. The second-order valence-electron chi connectivity index (χ2n) is 7.49. The molecule has 4 rings (SSSR count). The molecule has 0 saturated carbocycles. The monoisotopic (exact) mass is 516 g/mol. The summed E-state index contributed by atoms with van der Waals surface area (Å²) in [4.78, 5) is 12.9. The molecule has 0 saturated heterocycles. The molecule has 184 valence electrons. The molecule has 7 nitrogen and oxygen atoms in total. The normalized spacial score (nSPS) is 12.3. The molecule has 0 aliphatic carbocycles. The van der Waals surface area contributed by atoms with Crippen LogP contribution in [0.2, 0.25) is 5.02 Å². The van der Waals surface area contributed by atoms with Crippen molar-refractivity contribution in [1.29, 1.82) is 0 Å². The summed E-state index contributed by atoms with van der Waals surface area (Å²) < 4.78 is 80.4. The quantitative estimate of drug-likeness (QED) is 0.339. The van der Waals surface area contributed by atoms with Crippen LogP contribution in [0.4, 0.5) is 26.3 Å². The van der Waals surface area contributed by atoms with Crippen LogP contribution in [0.5, 0.6) is 0 Å². The van der Waals surface area contributed by atoms with Crippen molar-refractivity contribution in [1.82, 2.24) is 29.3 Å². The van der Waals surface area contributed by atoms with Gasteiger partial charge in [0.25, 0.3) is 0 Å². The van der Waals surface area contributed by atoms with Crippen LogP contribution < -0.4 is 5.69 Å². The number of rotatable bonds is 6. The van der Waals surface area contributed by atoms with E-state index in [2.05, 4.69) is 15.4 Å². The van der Waals surface area contributed by atoms with Crippen molar-refractivity contribution in [2.45, 2.75) is 31.9 Å². The molecule has 0 atom stereocenters. The van der Waals surface area contributed by atoms with Gasteiger partial charge in [0.1, 0.15) is 5.69 Å². The van der Waals surface area contributed by atoms with Crippen LogP contribution in [-0.2, 0) is 19.3 Å². The Morgan fingerprint density at radius 2 is 1.69 bits per heavy atom. The Balaban J connectivity index is 1.65. The van der Waals surface area contributed by atoms with Gasteiger partial charge in [-0.3, -0.25) is 4.57 Å². The van der Waals surface area contributed by atoms with E-state index in [1.165, 1.54) is 42.6 Å². The van der Waals surface area contributed by atoms with Crippen molar-refractivity contribution in [2.75, 3.05) is 0 Å². The third kappa shape index (κ3) is 5.73. The summed E-state index contributed by atoms with van der Waals surface area (Å²) in [7, 11) is 0. The van der Waals surface area contributed by atoms with Gasteiger partial charge in [-0.2, -0.15) is 26.3 Å². The van der Waals surface area contributed by atoms with Crippen molar-refractivity contribution in [3.63, 3.8) is 0 Å². The third-order valence-corrected chi connectivity index (χ3v) is 5.19. The fraction of sp³-hybridized carbons (Fsp3) is 0.238. The summed E-state index contributed by atoms with van der Waals surface area (Å²) in [6.45, 7) is -0.922. The number of alkyl halides is 6. The summed E-state index contributed by atoms with van der Waals surface area (Å²) >= 11 is 5.87. The van der Waals surface area contributed by atoms with E-state index in [4.69, 9.17) is 11.6 Å². The van der Waals surface area contributed by atoms with Gasteiger partial charge in [0.05, 0.1) is 30.4 Å². The highest BCUT2D eigenvalue weighted by atomic mass is 35.5. The Morgan fingerprint density at radius 1 is 0.971 bits per heavy atom. The van der Waals surface area contributed by atoms with Gasteiger partial charge < -0.3 is 0 Å². The summed E-state index contributed by atoms with van der Waals surface area (Å²) in [6.07, 6.45) is -8.98. The van der Waals surface area contributed by atoms with Crippen LogP contribution in [0.15, 0.2) is 59.5 Å². The number of halogens is 7. The van der Waals surface area contributed by atoms with E-state index in [1.807, 2.05) is 0 Å². The van der Waals surface area contributed by atoms with Crippen molar-refractivity contribution in [3.05, 3.63) is 81.5 Å². The fourth-order valence-corrected chi connectivity index (χ4v) is 3.40. The molecule has 2 heterocycles. The molecular weight excluding hydrogens is 502 g/mol. The van der Waals surface area contributed by atoms with E-state index in [-0.39, 0.29) is 23.8 Å². The van der Waals surface area contributed by atoms with E-state index in [1.54, 1.807) is 0 Å². The lowest BCUT2D eigenvalue weighted by molar-refractivity contribution is -0.138. The minimum atomic E-state index is -4.55. The van der Waals surface area contributed by atoms with E-state index >= 15 is 0 Å². The molecule has 0 bridgehead atoms. The molecule has 4 aromatic rings. The summed E-state index contributed by atoms with van der Waals surface area (Å²) in [5.74, 6) is 0.00110. The molecule has 0 fully saturated rings. The second-order valence-corrected chi connectivity index (χ2v) is 7.93. The van der Waals surface area contributed by atoms with E-state index < -0.39 is 36.6 Å². The molecule has 0 aliphatic rings.